The first-order valence-corrected chi connectivity index (χ1v) is 10.8. The van der Waals surface area contributed by atoms with Gasteiger partial charge in [-0.25, -0.2) is 9.59 Å². The van der Waals surface area contributed by atoms with Crippen LogP contribution in [0, 0.1) is 0 Å². The molecular formula is C26H27NO6. The molecule has 0 aromatic heterocycles. The van der Waals surface area contributed by atoms with Crippen LogP contribution in [0.2, 0.25) is 0 Å². The zero-order valence-electron chi connectivity index (χ0n) is 18.1. The molecule has 0 saturated carbocycles. The summed E-state index contributed by atoms with van der Waals surface area (Å²) in [7, 11) is 0. The van der Waals surface area contributed by atoms with Crippen molar-refractivity contribution in [3.05, 3.63) is 84.4 Å². The van der Waals surface area contributed by atoms with E-state index in [2.05, 4.69) is 5.32 Å². The van der Waals surface area contributed by atoms with E-state index in [1.54, 1.807) is 24.3 Å². The molecule has 3 N–H and O–H groups in total. The molecule has 0 spiro atoms. The maximum absolute atomic E-state index is 12.8. The van der Waals surface area contributed by atoms with Gasteiger partial charge in [0.15, 0.2) is 0 Å². The summed E-state index contributed by atoms with van der Waals surface area (Å²) in [5, 5.41) is 22.5. The molecule has 0 aliphatic rings. The Morgan fingerprint density at radius 3 is 2.64 bits per heavy atom. The van der Waals surface area contributed by atoms with E-state index in [9.17, 15) is 9.59 Å². The van der Waals surface area contributed by atoms with Gasteiger partial charge in [0.05, 0.1) is 12.3 Å². The quantitative estimate of drug-likeness (QED) is 0.271. The third-order valence-corrected chi connectivity index (χ3v) is 4.96. The van der Waals surface area contributed by atoms with E-state index < -0.39 is 18.2 Å². The lowest BCUT2D eigenvalue weighted by Gasteiger charge is -2.20. The molecule has 1 atom stereocenters. The lowest BCUT2D eigenvalue weighted by molar-refractivity contribution is -0.131. The fourth-order valence-electron chi connectivity index (χ4n) is 3.47. The zero-order valence-corrected chi connectivity index (χ0v) is 18.1. The SMILES string of the molecule is O=C(O)/C=C/CCC[C@H](OC(=O)Nc1cccc2ccccc12)c1cccc(OCCO)c1. The molecule has 3 rings (SSSR count). The van der Waals surface area contributed by atoms with Crippen LogP contribution in [-0.2, 0) is 9.53 Å². The second kappa shape index (κ2) is 12.3. The average molecular weight is 450 g/mol. The van der Waals surface area contributed by atoms with Gasteiger partial charge in [0, 0.05) is 11.5 Å². The largest absolute Gasteiger partial charge is 0.491 e. The molecule has 172 valence electrons. The van der Waals surface area contributed by atoms with E-state index in [0.717, 1.165) is 22.4 Å². The highest BCUT2D eigenvalue weighted by Crippen LogP contribution is 2.29. The van der Waals surface area contributed by atoms with Gasteiger partial charge in [0.25, 0.3) is 0 Å². The van der Waals surface area contributed by atoms with E-state index in [1.807, 2.05) is 48.5 Å². The predicted octanol–water partition coefficient (Wildman–Crippen LogP) is 5.31. The number of fused-ring (bicyclic) bond motifs is 1. The molecule has 0 bridgehead atoms. The number of hydrogen-bond acceptors (Lipinski definition) is 5. The number of aliphatic carboxylic acids is 1. The number of ether oxygens (including phenoxy) is 2. The standard InChI is InChI=1S/C26H27NO6/c28-16-17-32-21-11-6-10-20(18-21)24(14-2-1-3-15-25(29)30)33-26(31)27-23-13-7-9-19-8-4-5-12-22(19)23/h3-13,15,18,24,28H,1-2,14,16-17H2,(H,27,31)(H,29,30)/b15-3+/t24-/m0/s1. The van der Waals surface area contributed by atoms with E-state index in [-0.39, 0.29) is 13.2 Å². The maximum Gasteiger partial charge on any atom is 0.412 e. The van der Waals surface area contributed by atoms with Gasteiger partial charge < -0.3 is 19.7 Å². The van der Waals surface area contributed by atoms with Crippen molar-refractivity contribution in [1.82, 2.24) is 0 Å². The molecular weight excluding hydrogens is 422 g/mol. The van der Waals surface area contributed by atoms with Gasteiger partial charge in [0.2, 0.25) is 0 Å². The summed E-state index contributed by atoms with van der Waals surface area (Å²) in [4.78, 5) is 23.4. The van der Waals surface area contributed by atoms with Crippen LogP contribution in [0.4, 0.5) is 10.5 Å². The second-order valence-electron chi connectivity index (χ2n) is 7.36. The van der Waals surface area contributed by atoms with Gasteiger partial charge in [-0.15, -0.1) is 0 Å². The fourth-order valence-corrected chi connectivity index (χ4v) is 3.47. The Labute approximate surface area is 192 Å². The van der Waals surface area contributed by atoms with Crippen LogP contribution in [0.15, 0.2) is 78.9 Å². The molecule has 3 aromatic rings. The Hall–Kier alpha value is -3.84. The fraction of sp³-hybridized carbons (Fsp3) is 0.231. The van der Waals surface area contributed by atoms with Gasteiger partial charge in [0.1, 0.15) is 18.5 Å². The molecule has 1 amide bonds. The molecule has 0 aliphatic carbocycles. The molecule has 3 aromatic carbocycles. The van der Waals surface area contributed by atoms with Crippen LogP contribution >= 0.6 is 0 Å². The molecule has 0 heterocycles. The number of amides is 1. The normalized spacial score (nSPS) is 11.9. The van der Waals surface area contributed by atoms with Crippen molar-refractivity contribution >= 4 is 28.5 Å². The smallest absolute Gasteiger partial charge is 0.412 e. The van der Waals surface area contributed by atoms with Crippen molar-refractivity contribution in [2.45, 2.75) is 25.4 Å². The number of carboxylic acids is 1. The molecule has 0 saturated heterocycles. The van der Waals surface area contributed by atoms with Gasteiger partial charge >= 0.3 is 12.1 Å². The van der Waals surface area contributed by atoms with Gasteiger partial charge in [-0.3, -0.25) is 5.32 Å². The monoisotopic (exact) mass is 449 g/mol. The molecule has 0 aliphatic heterocycles. The number of rotatable bonds is 11. The maximum atomic E-state index is 12.8. The Bertz CT molecular complexity index is 1110. The highest BCUT2D eigenvalue weighted by Gasteiger charge is 2.18. The van der Waals surface area contributed by atoms with Crippen molar-refractivity contribution < 1.29 is 29.3 Å². The van der Waals surface area contributed by atoms with Crippen LogP contribution in [0.5, 0.6) is 5.75 Å². The summed E-state index contributed by atoms with van der Waals surface area (Å²) in [6.07, 6.45) is 3.20. The van der Waals surface area contributed by atoms with Gasteiger partial charge in [-0.05, 0) is 48.4 Å². The molecule has 0 fully saturated rings. The topological polar surface area (TPSA) is 105 Å². The summed E-state index contributed by atoms with van der Waals surface area (Å²) in [5.74, 6) is -0.429. The third-order valence-electron chi connectivity index (χ3n) is 4.96. The summed E-state index contributed by atoms with van der Waals surface area (Å²) < 4.78 is 11.3. The first-order chi connectivity index (χ1) is 16.1. The van der Waals surface area contributed by atoms with Crippen molar-refractivity contribution in [3.63, 3.8) is 0 Å². The first kappa shape index (κ1) is 23.8. The van der Waals surface area contributed by atoms with E-state index >= 15 is 0 Å². The minimum atomic E-state index is -0.994. The number of nitrogens with one attached hydrogen (secondary N) is 1. The van der Waals surface area contributed by atoms with Crippen molar-refractivity contribution in [2.24, 2.45) is 0 Å². The Balaban J connectivity index is 1.73. The van der Waals surface area contributed by atoms with Crippen LogP contribution in [0.3, 0.4) is 0 Å². The Morgan fingerprint density at radius 1 is 1.03 bits per heavy atom. The predicted molar refractivity (Wildman–Crippen MR) is 126 cm³/mol. The number of carboxylic acid groups (broad SMARTS) is 1. The molecule has 7 heteroatoms. The number of carbonyl (C=O) groups is 2. The van der Waals surface area contributed by atoms with E-state index in [4.69, 9.17) is 19.7 Å². The number of anilines is 1. The van der Waals surface area contributed by atoms with Crippen LogP contribution < -0.4 is 10.1 Å². The average Bonchev–Trinajstić information content (AvgIpc) is 2.82. The highest BCUT2D eigenvalue weighted by molar-refractivity contribution is 6.00. The third kappa shape index (κ3) is 7.36. The lowest BCUT2D eigenvalue weighted by Crippen LogP contribution is -2.18. The minimum Gasteiger partial charge on any atom is -0.491 e. The van der Waals surface area contributed by atoms with Crippen LogP contribution in [-0.4, -0.2) is 35.5 Å². The highest BCUT2D eigenvalue weighted by atomic mass is 16.6. The molecule has 0 unspecified atom stereocenters. The minimum absolute atomic E-state index is 0.104. The number of hydrogen-bond donors (Lipinski definition) is 3. The number of carbonyl (C=O) groups excluding carboxylic acids is 1. The number of allylic oxidation sites excluding steroid dienone is 1. The number of unbranched alkanes of at least 4 members (excludes halogenated alkanes) is 1. The first-order valence-electron chi connectivity index (χ1n) is 10.8. The summed E-state index contributed by atoms with van der Waals surface area (Å²) in [6, 6.07) is 20.6. The molecule has 33 heavy (non-hydrogen) atoms. The second-order valence-corrected chi connectivity index (χ2v) is 7.36. The zero-order chi connectivity index (χ0) is 23.5. The van der Waals surface area contributed by atoms with E-state index in [1.165, 1.54) is 0 Å². The van der Waals surface area contributed by atoms with Gasteiger partial charge in [-0.2, -0.15) is 0 Å². The van der Waals surface area contributed by atoms with Crippen molar-refractivity contribution in [2.75, 3.05) is 18.5 Å². The van der Waals surface area contributed by atoms with Crippen molar-refractivity contribution in [3.8, 4) is 5.75 Å². The number of aliphatic hydroxyl groups excluding tert-OH is 1. The summed E-state index contributed by atoms with van der Waals surface area (Å²) >= 11 is 0. The van der Waals surface area contributed by atoms with Crippen LogP contribution in [0.1, 0.15) is 30.9 Å². The van der Waals surface area contributed by atoms with Crippen molar-refractivity contribution in [1.29, 1.82) is 0 Å². The lowest BCUT2D eigenvalue weighted by atomic mass is 10.0. The molecule has 7 nitrogen and oxygen atoms in total. The molecule has 0 radical (unpaired) electrons. The number of benzene rings is 3. The van der Waals surface area contributed by atoms with E-state index in [0.29, 0.717) is 30.7 Å². The summed E-state index contributed by atoms with van der Waals surface area (Å²) in [6.45, 7) is 0.0596. The van der Waals surface area contributed by atoms with Crippen LogP contribution in [0.25, 0.3) is 10.8 Å². The summed E-state index contributed by atoms with van der Waals surface area (Å²) in [5.41, 5.74) is 1.40. The Kier molecular flexibility index (Phi) is 8.85. The Morgan fingerprint density at radius 2 is 1.82 bits per heavy atom. The number of aliphatic hydroxyl groups is 1. The van der Waals surface area contributed by atoms with Gasteiger partial charge in [-0.1, -0.05) is 54.6 Å².